The fourth-order valence-electron chi connectivity index (χ4n) is 3.96. The molecule has 1 saturated carbocycles. The Morgan fingerprint density at radius 2 is 2.12 bits per heavy atom. The highest BCUT2D eigenvalue weighted by molar-refractivity contribution is 14.1. The van der Waals surface area contributed by atoms with Crippen molar-refractivity contribution in [3.8, 4) is 0 Å². The molecular weight excluding hydrogens is 575 g/mol. The van der Waals surface area contributed by atoms with E-state index >= 15 is 0 Å². The van der Waals surface area contributed by atoms with Gasteiger partial charge in [-0.2, -0.15) is 8.42 Å². The van der Waals surface area contributed by atoms with Crippen LogP contribution in [0, 0.1) is 9.49 Å². The van der Waals surface area contributed by atoms with Crippen LogP contribution in [-0.2, 0) is 20.9 Å². The molecular formula is C22H23IN4O4S2. The van der Waals surface area contributed by atoms with Crippen molar-refractivity contribution in [1.82, 2.24) is 9.97 Å². The number of rotatable bonds is 9. The lowest BCUT2D eigenvalue weighted by Gasteiger charge is -2.15. The third-order valence-corrected chi connectivity index (χ3v) is 7.60. The number of nitrogens with zero attached hydrogens (tertiary/aromatic N) is 2. The van der Waals surface area contributed by atoms with Crippen molar-refractivity contribution in [3.05, 3.63) is 73.4 Å². The summed E-state index contributed by atoms with van der Waals surface area (Å²) in [4.78, 5) is 22.2. The Balaban J connectivity index is 1.42. The van der Waals surface area contributed by atoms with Crippen LogP contribution in [0.15, 0.2) is 48.2 Å². The number of aromatic nitrogens is 2. The highest BCUT2D eigenvalue weighted by Gasteiger charge is 2.27. The summed E-state index contributed by atoms with van der Waals surface area (Å²) in [7, 11) is -3.94. The molecule has 33 heavy (non-hydrogen) atoms. The Morgan fingerprint density at radius 3 is 2.91 bits per heavy atom. The molecule has 1 aromatic carbocycles. The molecule has 0 aliphatic heterocycles. The number of ketones is 1. The summed E-state index contributed by atoms with van der Waals surface area (Å²) in [5.74, 6) is 0.437. The molecule has 0 spiro atoms. The second kappa shape index (κ2) is 10.6. The van der Waals surface area contributed by atoms with Crippen molar-refractivity contribution in [2.75, 3.05) is 11.9 Å². The third kappa shape index (κ3) is 6.79. The highest BCUT2D eigenvalue weighted by atomic mass is 127. The zero-order chi connectivity index (χ0) is 23.4. The average Bonchev–Trinajstić information content (AvgIpc) is 3.41. The number of carbonyl (C=O) groups excluding carboxylic acids is 1. The van der Waals surface area contributed by atoms with Gasteiger partial charge in [0.25, 0.3) is 0 Å². The summed E-state index contributed by atoms with van der Waals surface area (Å²) in [6, 6.07) is 10.3. The second-order valence-corrected chi connectivity index (χ2v) is 11.4. The SMILES string of the molecule is NS(=O)(=O)OC[C@@H]1CC[C@H](Nc2ncncc2C(=O)c2cc(Cc3cccc(I)c3)cs2)C1. The minimum atomic E-state index is -3.94. The van der Waals surface area contributed by atoms with E-state index in [0.29, 0.717) is 22.7 Å². The van der Waals surface area contributed by atoms with Gasteiger partial charge >= 0.3 is 10.3 Å². The monoisotopic (exact) mass is 598 g/mol. The number of nitrogens with one attached hydrogen (secondary N) is 1. The molecule has 0 amide bonds. The summed E-state index contributed by atoms with van der Waals surface area (Å²) in [5, 5.41) is 10.3. The highest BCUT2D eigenvalue weighted by Crippen LogP contribution is 2.30. The van der Waals surface area contributed by atoms with Gasteiger partial charge in [-0.05, 0) is 88.9 Å². The zero-order valence-corrected chi connectivity index (χ0v) is 21.4. The average molecular weight is 598 g/mol. The van der Waals surface area contributed by atoms with Crippen molar-refractivity contribution >= 4 is 55.8 Å². The minimum absolute atomic E-state index is 0.0555. The van der Waals surface area contributed by atoms with Gasteiger partial charge in [0.2, 0.25) is 5.78 Å². The quantitative estimate of drug-likeness (QED) is 0.284. The molecule has 2 heterocycles. The molecule has 1 fully saturated rings. The van der Waals surface area contributed by atoms with Crippen molar-refractivity contribution in [2.45, 2.75) is 31.7 Å². The van der Waals surface area contributed by atoms with Gasteiger partial charge < -0.3 is 5.32 Å². The molecule has 0 bridgehead atoms. The lowest BCUT2D eigenvalue weighted by Crippen LogP contribution is -2.22. The van der Waals surface area contributed by atoms with E-state index in [0.717, 1.165) is 24.8 Å². The number of hydrogen-bond donors (Lipinski definition) is 2. The third-order valence-electron chi connectivity index (χ3n) is 5.48. The first-order valence-corrected chi connectivity index (χ1v) is 13.8. The minimum Gasteiger partial charge on any atom is -0.367 e. The molecule has 8 nitrogen and oxygen atoms in total. The number of nitrogens with two attached hydrogens (primary N) is 1. The van der Waals surface area contributed by atoms with Crippen LogP contribution in [0.1, 0.15) is 45.6 Å². The largest absolute Gasteiger partial charge is 0.367 e. The van der Waals surface area contributed by atoms with Crippen LogP contribution in [0.2, 0.25) is 0 Å². The summed E-state index contributed by atoms with van der Waals surface area (Å²) in [6.07, 6.45) is 6.02. The van der Waals surface area contributed by atoms with Crippen LogP contribution in [-0.4, -0.2) is 36.8 Å². The predicted octanol–water partition coefficient (Wildman–Crippen LogP) is 3.77. The number of hydrogen-bond acceptors (Lipinski definition) is 8. The van der Waals surface area contributed by atoms with E-state index in [1.807, 2.05) is 17.5 Å². The van der Waals surface area contributed by atoms with Crippen LogP contribution in [0.25, 0.3) is 0 Å². The van der Waals surface area contributed by atoms with E-state index < -0.39 is 10.3 Å². The maximum Gasteiger partial charge on any atom is 0.333 e. The van der Waals surface area contributed by atoms with E-state index in [1.165, 1.54) is 33.0 Å². The summed E-state index contributed by atoms with van der Waals surface area (Å²) < 4.78 is 27.9. The number of thiophene rings is 1. The molecule has 1 aliphatic carbocycles. The van der Waals surface area contributed by atoms with E-state index in [2.05, 4.69) is 56.1 Å². The molecule has 174 valence electrons. The lowest BCUT2D eigenvalue weighted by atomic mass is 10.1. The predicted molar refractivity (Wildman–Crippen MR) is 136 cm³/mol. The van der Waals surface area contributed by atoms with Crippen molar-refractivity contribution < 1.29 is 17.4 Å². The molecule has 1 aliphatic rings. The van der Waals surface area contributed by atoms with Gasteiger partial charge in [0.15, 0.2) is 0 Å². The Labute approximate surface area is 210 Å². The van der Waals surface area contributed by atoms with Crippen LogP contribution < -0.4 is 10.5 Å². The molecule has 3 aromatic rings. The van der Waals surface area contributed by atoms with Crippen molar-refractivity contribution in [3.63, 3.8) is 0 Å². The van der Waals surface area contributed by atoms with Gasteiger partial charge in [0.05, 0.1) is 17.0 Å². The first-order valence-electron chi connectivity index (χ1n) is 10.4. The van der Waals surface area contributed by atoms with E-state index in [4.69, 9.17) is 9.32 Å². The van der Waals surface area contributed by atoms with E-state index in [1.54, 1.807) is 0 Å². The number of halogens is 1. The topological polar surface area (TPSA) is 124 Å². The number of anilines is 1. The zero-order valence-electron chi connectivity index (χ0n) is 17.6. The second-order valence-electron chi connectivity index (χ2n) is 8.04. The lowest BCUT2D eigenvalue weighted by molar-refractivity contribution is 0.104. The molecule has 4 rings (SSSR count). The Hall–Kier alpha value is -1.93. The molecule has 2 aromatic heterocycles. The van der Waals surface area contributed by atoms with Crippen LogP contribution >= 0.6 is 33.9 Å². The van der Waals surface area contributed by atoms with Gasteiger partial charge in [-0.1, -0.05) is 12.1 Å². The van der Waals surface area contributed by atoms with Crippen LogP contribution in [0.4, 0.5) is 5.82 Å². The van der Waals surface area contributed by atoms with Crippen molar-refractivity contribution in [1.29, 1.82) is 0 Å². The van der Waals surface area contributed by atoms with Gasteiger partial charge in [-0.15, -0.1) is 11.3 Å². The van der Waals surface area contributed by atoms with Gasteiger partial charge in [0.1, 0.15) is 12.1 Å². The number of benzene rings is 1. The molecule has 3 N–H and O–H groups in total. The van der Waals surface area contributed by atoms with Crippen LogP contribution in [0.5, 0.6) is 0 Å². The first-order chi connectivity index (χ1) is 15.8. The fraction of sp³-hybridized carbons (Fsp3) is 0.318. The standard InChI is InChI=1S/C22H23IN4O4S2/c23-17-3-1-2-14(7-17)6-16-9-20(32-12-16)21(28)19-10-25-13-26-22(19)27-18-5-4-15(8-18)11-31-33(24,29)30/h1-3,7,9-10,12-13,15,18H,4-6,8,11H2,(H2,24,29,30)(H,25,26,27)/t15-,18+/m1/s1. The Bertz CT molecular complexity index is 1250. The molecule has 0 unspecified atom stereocenters. The first kappa shape index (κ1) is 24.2. The maximum atomic E-state index is 13.2. The summed E-state index contributed by atoms with van der Waals surface area (Å²) in [6.45, 7) is 0.0605. The smallest absolute Gasteiger partial charge is 0.333 e. The molecule has 0 saturated heterocycles. The van der Waals surface area contributed by atoms with Crippen LogP contribution in [0.3, 0.4) is 0 Å². The summed E-state index contributed by atoms with van der Waals surface area (Å²) in [5.41, 5.74) is 2.71. The Kier molecular flexibility index (Phi) is 7.74. The summed E-state index contributed by atoms with van der Waals surface area (Å²) >= 11 is 3.71. The van der Waals surface area contributed by atoms with E-state index in [9.17, 15) is 13.2 Å². The van der Waals surface area contributed by atoms with Gasteiger partial charge in [-0.3, -0.25) is 8.98 Å². The fourth-order valence-corrected chi connectivity index (χ4v) is 5.81. The maximum absolute atomic E-state index is 13.2. The van der Waals surface area contributed by atoms with Gasteiger partial charge in [-0.25, -0.2) is 15.1 Å². The van der Waals surface area contributed by atoms with E-state index in [-0.39, 0.29) is 24.3 Å². The molecule has 11 heteroatoms. The Morgan fingerprint density at radius 1 is 1.27 bits per heavy atom. The molecule has 0 radical (unpaired) electrons. The number of carbonyl (C=O) groups is 1. The van der Waals surface area contributed by atoms with Gasteiger partial charge in [0, 0.05) is 15.8 Å². The van der Waals surface area contributed by atoms with Crippen molar-refractivity contribution in [2.24, 2.45) is 11.1 Å². The normalized spacial score (nSPS) is 18.4. The molecule has 2 atom stereocenters.